The van der Waals surface area contributed by atoms with Crippen molar-refractivity contribution in [1.29, 1.82) is 5.26 Å². The quantitative estimate of drug-likeness (QED) is 0.716. The summed E-state index contributed by atoms with van der Waals surface area (Å²) in [6.45, 7) is 0. The highest BCUT2D eigenvalue weighted by Gasteiger charge is 2.09. The highest BCUT2D eigenvalue weighted by Crippen LogP contribution is 2.36. The van der Waals surface area contributed by atoms with Gasteiger partial charge in [0.1, 0.15) is 0 Å². The summed E-state index contributed by atoms with van der Waals surface area (Å²) in [6.07, 6.45) is 0. The van der Waals surface area contributed by atoms with Crippen molar-refractivity contribution >= 4 is 49.0 Å². The fourth-order valence-corrected chi connectivity index (χ4v) is 3.38. The van der Waals surface area contributed by atoms with Crippen LogP contribution in [-0.2, 0) is 5.33 Å². The van der Waals surface area contributed by atoms with Crippen molar-refractivity contribution < 1.29 is 0 Å². The van der Waals surface area contributed by atoms with E-state index >= 15 is 0 Å². The third-order valence-corrected chi connectivity index (χ3v) is 4.59. The van der Waals surface area contributed by atoms with Gasteiger partial charge in [0.15, 0.2) is 0 Å². The number of rotatable bonds is 1. The van der Waals surface area contributed by atoms with Crippen molar-refractivity contribution in [1.82, 2.24) is 0 Å². The highest BCUT2D eigenvalue weighted by atomic mass is 79.9. The number of nitrogens with zero attached hydrogens (tertiary/aromatic N) is 1. The minimum atomic E-state index is 0.651. The molecule has 0 aliphatic heterocycles. The van der Waals surface area contributed by atoms with Gasteiger partial charge in [-0.25, -0.2) is 0 Å². The summed E-state index contributed by atoms with van der Waals surface area (Å²) in [6, 6.07) is 7.70. The molecule has 1 aromatic heterocycles. The maximum atomic E-state index is 8.75. The molecule has 0 aliphatic carbocycles. The van der Waals surface area contributed by atoms with Crippen LogP contribution < -0.4 is 0 Å². The number of thiophene rings is 1. The molecule has 1 heterocycles. The van der Waals surface area contributed by atoms with Gasteiger partial charge >= 0.3 is 0 Å². The lowest BCUT2D eigenvalue weighted by Crippen LogP contribution is -1.72. The van der Waals surface area contributed by atoms with Crippen molar-refractivity contribution in [3.05, 3.63) is 33.7 Å². The Bertz CT molecular complexity index is 527. The highest BCUT2D eigenvalue weighted by molar-refractivity contribution is 9.08. The number of benzene rings is 1. The molecule has 0 amide bonds. The molecule has 0 saturated carbocycles. The molecule has 0 bridgehead atoms. The van der Waals surface area contributed by atoms with E-state index in [4.69, 9.17) is 16.9 Å². The lowest BCUT2D eigenvalue weighted by molar-refractivity contribution is 1.50. The molecule has 0 saturated heterocycles. The third-order valence-electron chi connectivity index (χ3n) is 1.94. The van der Waals surface area contributed by atoms with Gasteiger partial charge in [-0.05, 0) is 18.2 Å². The van der Waals surface area contributed by atoms with Crippen LogP contribution in [0.2, 0.25) is 5.02 Å². The Morgan fingerprint density at radius 2 is 2.29 bits per heavy atom. The van der Waals surface area contributed by atoms with E-state index in [0.717, 1.165) is 25.3 Å². The van der Waals surface area contributed by atoms with Crippen LogP contribution in [-0.4, -0.2) is 0 Å². The van der Waals surface area contributed by atoms with Gasteiger partial charge in [0.25, 0.3) is 0 Å². The third kappa shape index (κ3) is 1.54. The first-order valence-electron chi connectivity index (χ1n) is 3.93. The van der Waals surface area contributed by atoms with Gasteiger partial charge in [-0.15, -0.1) is 11.3 Å². The van der Waals surface area contributed by atoms with Gasteiger partial charge in [-0.3, -0.25) is 0 Å². The molecule has 0 radical (unpaired) electrons. The van der Waals surface area contributed by atoms with Gasteiger partial charge in [0.05, 0.1) is 16.7 Å². The summed E-state index contributed by atoms with van der Waals surface area (Å²) in [5.41, 5.74) is 0.651. The average molecular weight is 287 g/mol. The summed E-state index contributed by atoms with van der Waals surface area (Å²) >= 11 is 11.2. The van der Waals surface area contributed by atoms with E-state index in [1.54, 1.807) is 11.3 Å². The second kappa shape index (κ2) is 3.90. The van der Waals surface area contributed by atoms with Crippen molar-refractivity contribution in [3.8, 4) is 6.07 Å². The van der Waals surface area contributed by atoms with Crippen LogP contribution in [0.4, 0.5) is 0 Å². The Kier molecular flexibility index (Phi) is 2.78. The molecule has 0 fully saturated rings. The summed E-state index contributed by atoms with van der Waals surface area (Å²) in [5.74, 6) is 0. The standard InChI is InChI=1S/C10H5BrClNS/c11-4-9-10(12)7-3-6(5-13)1-2-8(7)14-9/h1-3H,4H2. The summed E-state index contributed by atoms with van der Waals surface area (Å²) in [4.78, 5) is 1.11. The number of nitriles is 1. The molecule has 70 valence electrons. The van der Waals surface area contributed by atoms with Gasteiger partial charge in [-0.1, -0.05) is 27.5 Å². The van der Waals surface area contributed by atoms with Crippen LogP contribution in [0.15, 0.2) is 18.2 Å². The molecule has 1 aromatic carbocycles. The molecule has 0 spiro atoms. The normalized spacial score (nSPS) is 10.4. The van der Waals surface area contributed by atoms with Crippen molar-refractivity contribution in [2.24, 2.45) is 0 Å². The minimum absolute atomic E-state index is 0.651. The van der Waals surface area contributed by atoms with Gasteiger partial charge in [0.2, 0.25) is 0 Å². The van der Waals surface area contributed by atoms with Crippen LogP contribution in [0.5, 0.6) is 0 Å². The van der Waals surface area contributed by atoms with E-state index in [0.29, 0.717) is 5.56 Å². The van der Waals surface area contributed by atoms with E-state index in [1.807, 2.05) is 18.2 Å². The Morgan fingerprint density at radius 3 is 2.93 bits per heavy atom. The molecule has 4 heteroatoms. The predicted molar refractivity (Wildman–Crippen MR) is 64.2 cm³/mol. The first kappa shape index (κ1) is 9.97. The molecule has 2 rings (SSSR count). The monoisotopic (exact) mass is 285 g/mol. The second-order valence-electron chi connectivity index (χ2n) is 2.80. The van der Waals surface area contributed by atoms with E-state index in [1.165, 1.54) is 0 Å². The molecule has 0 aliphatic rings. The number of fused-ring (bicyclic) bond motifs is 1. The number of halogens is 2. The first-order chi connectivity index (χ1) is 6.76. The maximum Gasteiger partial charge on any atom is 0.0991 e. The van der Waals surface area contributed by atoms with Crippen LogP contribution in [0.1, 0.15) is 10.4 Å². The fourth-order valence-electron chi connectivity index (χ4n) is 1.27. The Labute approximate surface area is 99.0 Å². The van der Waals surface area contributed by atoms with Crippen LogP contribution in [0.3, 0.4) is 0 Å². The molecule has 0 N–H and O–H groups in total. The Hall–Kier alpha value is -0.560. The number of hydrogen-bond donors (Lipinski definition) is 0. The Balaban J connectivity index is 2.75. The fraction of sp³-hybridized carbons (Fsp3) is 0.100. The zero-order chi connectivity index (χ0) is 10.1. The van der Waals surface area contributed by atoms with Crippen molar-refractivity contribution in [3.63, 3.8) is 0 Å². The van der Waals surface area contributed by atoms with Crippen LogP contribution >= 0.6 is 38.9 Å². The topological polar surface area (TPSA) is 23.8 Å². The molecule has 0 atom stereocenters. The maximum absolute atomic E-state index is 8.75. The molecule has 14 heavy (non-hydrogen) atoms. The van der Waals surface area contributed by atoms with Crippen molar-refractivity contribution in [2.45, 2.75) is 5.33 Å². The average Bonchev–Trinajstić information content (AvgIpc) is 2.55. The molecule has 0 unspecified atom stereocenters. The van der Waals surface area contributed by atoms with E-state index in [9.17, 15) is 0 Å². The molecular weight excluding hydrogens is 282 g/mol. The number of alkyl halides is 1. The minimum Gasteiger partial charge on any atom is -0.192 e. The zero-order valence-electron chi connectivity index (χ0n) is 7.05. The second-order valence-corrected chi connectivity index (χ2v) is 4.87. The van der Waals surface area contributed by atoms with Crippen LogP contribution in [0.25, 0.3) is 10.1 Å². The molecular formula is C10H5BrClNS. The zero-order valence-corrected chi connectivity index (χ0v) is 10.2. The van der Waals surface area contributed by atoms with Crippen LogP contribution in [0, 0.1) is 11.3 Å². The smallest absolute Gasteiger partial charge is 0.0991 e. The lowest BCUT2D eigenvalue weighted by atomic mass is 10.2. The molecule has 1 nitrogen and oxygen atoms in total. The number of hydrogen-bond acceptors (Lipinski definition) is 2. The summed E-state index contributed by atoms with van der Waals surface area (Å²) in [7, 11) is 0. The van der Waals surface area contributed by atoms with Crippen molar-refractivity contribution in [2.75, 3.05) is 0 Å². The lowest BCUT2D eigenvalue weighted by Gasteiger charge is -1.91. The SMILES string of the molecule is N#Cc1ccc2sc(CBr)c(Cl)c2c1. The summed E-state index contributed by atoms with van der Waals surface area (Å²) < 4.78 is 1.13. The van der Waals surface area contributed by atoms with Gasteiger partial charge in [-0.2, -0.15) is 5.26 Å². The van der Waals surface area contributed by atoms with E-state index < -0.39 is 0 Å². The van der Waals surface area contributed by atoms with Gasteiger partial charge in [0, 0.05) is 20.3 Å². The predicted octanol–water partition coefficient (Wildman–Crippen LogP) is 4.32. The van der Waals surface area contributed by atoms with E-state index in [2.05, 4.69) is 22.0 Å². The van der Waals surface area contributed by atoms with E-state index in [-0.39, 0.29) is 0 Å². The Morgan fingerprint density at radius 1 is 1.50 bits per heavy atom. The largest absolute Gasteiger partial charge is 0.192 e. The first-order valence-corrected chi connectivity index (χ1v) is 6.25. The van der Waals surface area contributed by atoms with Gasteiger partial charge < -0.3 is 0 Å². The molecule has 2 aromatic rings. The summed E-state index contributed by atoms with van der Waals surface area (Å²) in [5, 5.41) is 11.2.